The molecule has 1 aliphatic rings. The first kappa shape index (κ1) is 18.4. The first-order chi connectivity index (χ1) is 8.40. The standard InChI is InChI=1S/C13H21N3O.2ClH/c1-17-13-5-2-6-15-12(13)4-3-9-16-10-7-14-8-11-16;;/h2,5-6,14H,3-4,7-11H2,1H3;2*1H. The minimum Gasteiger partial charge on any atom is -0.495 e. The van der Waals surface area contributed by atoms with Crippen molar-refractivity contribution >= 4 is 24.8 Å². The SMILES string of the molecule is COc1cccnc1CCCN1CCNCC1.Cl.Cl. The van der Waals surface area contributed by atoms with E-state index < -0.39 is 0 Å². The van der Waals surface area contributed by atoms with Crippen molar-refractivity contribution in [3.05, 3.63) is 24.0 Å². The molecule has 19 heavy (non-hydrogen) atoms. The molecule has 0 saturated carbocycles. The molecule has 0 spiro atoms. The summed E-state index contributed by atoms with van der Waals surface area (Å²) in [7, 11) is 1.71. The summed E-state index contributed by atoms with van der Waals surface area (Å²) < 4.78 is 5.30. The van der Waals surface area contributed by atoms with E-state index in [2.05, 4.69) is 15.2 Å². The van der Waals surface area contributed by atoms with Crippen molar-refractivity contribution in [2.75, 3.05) is 39.8 Å². The van der Waals surface area contributed by atoms with Crippen LogP contribution in [0.5, 0.6) is 5.75 Å². The monoisotopic (exact) mass is 307 g/mol. The van der Waals surface area contributed by atoms with Crippen molar-refractivity contribution in [1.29, 1.82) is 0 Å². The second-order valence-corrected chi connectivity index (χ2v) is 4.35. The highest BCUT2D eigenvalue weighted by Crippen LogP contribution is 2.16. The molecule has 0 bridgehead atoms. The molecule has 0 unspecified atom stereocenters. The molecule has 2 heterocycles. The van der Waals surface area contributed by atoms with E-state index in [0.29, 0.717) is 0 Å². The van der Waals surface area contributed by atoms with Crippen LogP contribution in [0.2, 0.25) is 0 Å². The highest BCUT2D eigenvalue weighted by molar-refractivity contribution is 5.85. The van der Waals surface area contributed by atoms with E-state index in [1.54, 1.807) is 7.11 Å². The summed E-state index contributed by atoms with van der Waals surface area (Å²) in [6, 6.07) is 3.89. The van der Waals surface area contributed by atoms with Gasteiger partial charge in [0.2, 0.25) is 0 Å². The van der Waals surface area contributed by atoms with Crippen LogP contribution in [0.3, 0.4) is 0 Å². The molecule has 2 rings (SSSR count). The van der Waals surface area contributed by atoms with Gasteiger partial charge in [-0.15, -0.1) is 24.8 Å². The van der Waals surface area contributed by atoms with Gasteiger partial charge < -0.3 is 15.0 Å². The number of pyridine rings is 1. The lowest BCUT2D eigenvalue weighted by Gasteiger charge is -2.27. The van der Waals surface area contributed by atoms with Crippen molar-refractivity contribution in [3.63, 3.8) is 0 Å². The molecular formula is C13H23Cl2N3O. The van der Waals surface area contributed by atoms with E-state index in [1.165, 1.54) is 13.1 Å². The van der Waals surface area contributed by atoms with Crippen LogP contribution in [0.15, 0.2) is 18.3 Å². The molecule has 1 aromatic rings. The van der Waals surface area contributed by atoms with Crippen LogP contribution in [0.25, 0.3) is 0 Å². The minimum atomic E-state index is 0. The fourth-order valence-corrected chi connectivity index (χ4v) is 2.20. The van der Waals surface area contributed by atoms with Gasteiger partial charge in [0.1, 0.15) is 5.75 Å². The maximum absolute atomic E-state index is 5.30. The molecule has 4 nitrogen and oxygen atoms in total. The van der Waals surface area contributed by atoms with E-state index in [-0.39, 0.29) is 24.8 Å². The number of aromatic nitrogens is 1. The quantitative estimate of drug-likeness (QED) is 0.900. The van der Waals surface area contributed by atoms with Crippen molar-refractivity contribution in [1.82, 2.24) is 15.2 Å². The third kappa shape index (κ3) is 5.95. The van der Waals surface area contributed by atoms with Crippen LogP contribution in [0, 0.1) is 0 Å². The van der Waals surface area contributed by atoms with Gasteiger partial charge in [0.05, 0.1) is 12.8 Å². The van der Waals surface area contributed by atoms with Gasteiger partial charge in [0.15, 0.2) is 0 Å². The average molecular weight is 308 g/mol. The molecule has 1 saturated heterocycles. The number of halogens is 2. The number of nitrogens with zero attached hydrogens (tertiary/aromatic N) is 2. The van der Waals surface area contributed by atoms with Crippen LogP contribution in [-0.4, -0.2) is 49.7 Å². The second kappa shape index (κ2) is 10.3. The van der Waals surface area contributed by atoms with Crippen molar-refractivity contribution in [3.8, 4) is 5.75 Å². The molecule has 0 amide bonds. The zero-order valence-electron chi connectivity index (χ0n) is 11.3. The van der Waals surface area contributed by atoms with Gasteiger partial charge in [-0.1, -0.05) is 0 Å². The highest BCUT2D eigenvalue weighted by atomic mass is 35.5. The highest BCUT2D eigenvalue weighted by Gasteiger charge is 2.09. The Hall–Kier alpha value is -0.550. The Labute approximate surface area is 127 Å². The molecule has 0 atom stereocenters. The lowest BCUT2D eigenvalue weighted by molar-refractivity contribution is 0.238. The van der Waals surface area contributed by atoms with Gasteiger partial charge >= 0.3 is 0 Å². The summed E-state index contributed by atoms with van der Waals surface area (Å²) in [4.78, 5) is 6.88. The summed E-state index contributed by atoms with van der Waals surface area (Å²) in [5.74, 6) is 0.910. The van der Waals surface area contributed by atoms with E-state index >= 15 is 0 Å². The molecule has 0 aliphatic carbocycles. The largest absolute Gasteiger partial charge is 0.495 e. The van der Waals surface area contributed by atoms with Crippen LogP contribution in [-0.2, 0) is 6.42 Å². The number of nitrogens with one attached hydrogen (secondary N) is 1. The second-order valence-electron chi connectivity index (χ2n) is 4.35. The normalized spacial score (nSPS) is 15.2. The summed E-state index contributed by atoms with van der Waals surface area (Å²) in [6.45, 7) is 5.72. The number of hydrogen-bond donors (Lipinski definition) is 1. The van der Waals surface area contributed by atoms with Gasteiger partial charge in [0.25, 0.3) is 0 Å². The average Bonchev–Trinajstić information content (AvgIpc) is 2.40. The Bertz CT molecular complexity index is 346. The minimum absolute atomic E-state index is 0. The summed E-state index contributed by atoms with van der Waals surface area (Å²) in [6.07, 6.45) is 3.98. The maximum Gasteiger partial charge on any atom is 0.140 e. The molecular weight excluding hydrogens is 285 g/mol. The van der Waals surface area contributed by atoms with Gasteiger partial charge in [-0.3, -0.25) is 4.98 Å². The molecule has 1 fully saturated rings. The Kier molecular flexibility index (Phi) is 9.97. The zero-order chi connectivity index (χ0) is 11.9. The summed E-state index contributed by atoms with van der Waals surface area (Å²) >= 11 is 0. The lowest BCUT2D eigenvalue weighted by atomic mass is 10.2. The van der Waals surface area contributed by atoms with Crippen molar-refractivity contribution in [2.24, 2.45) is 0 Å². The predicted molar refractivity (Wildman–Crippen MR) is 82.9 cm³/mol. The Morgan fingerprint density at radius 1 is 1.32 bits per heavy atom. The van der Waals surface area contributed by atoms with Gasteiger partial charge in [-0.25, -0.2) is 0 Å². The number of aryl methyl sites for hydroxylation is 1. The van der Waals surface area contributed by atoms with Gasteiger partial charge in [0, 0.05) is 32.4 Å². The lowest BCUT2D eigenvalue weighted by Crippen LogP contribution is -2.43. The third-order valence-corrected chi connectivity index (χ3v) is 3.17. The molecule has 1 aromatic heterocycles. The first-order valence-corrected chi connectivity index (χ1v) is 6.31. The molecule has 0 aromatic carbocycles. The Morgan fingerprint density at radius 3 is 2.74 bits per heavy atom. The van der Waals surface area contributed by atoms with E-state index in [0.717, 1.165) is 43.9 Å². The third-order valence-electron chi connectivity index (χ3n) is 3.17. The predicted octanol–water partition coefficient (Wildman–Crippen LogP) is 1.77. The summed E-state index contributed by atoms with van der Waals surface area (Å²) in [5.41, 5.74) is 1.07. The van der Waals surface area contributed by atoms with Crippen LogP contribution >= 0.6 is 24.8 Å². The van der Waals surface area contributed by atoms with E-state index in [9.17, 15) is 0 Å². The molecule has 1 aliphatic heterocycles. The van der Waals surface area contributed by atoms with E-state index in [4.69, 9.17) is 4.74 Å². The summed E-state index contributed by atoms with van der Waals surface area (Å²) in [5, 5.41) is 3.37. The fourth-order valence-electron chi connectivity index (χ4n) is 2.20. The Morgan fingerprint density at radius 2 is 2.05 bits per heavy atom. The fraction of sp³-hybridized carbons (Fsp3) is 0.615. The topological polar surface area (TPSA) is 37.4 Å². The number of piperazine rings is 1. The van der Waals surface area contributed by atoms with Crippen LogP contribution in [0.1, 0.15) is 12.1 Å². The van der Waals surface area contributed by atoms with Crippen LogP contribution in [0.4, 0.5) is 0 Å². The molecule has 1 N–H and O–H groups in total. The van der Waals surface area contributed by atoms with Crippen molar-refractivity contribution < 1.29 is 4.74 Å². The number of ether oxygens (including phenoxy) is 1. The molecule has 110 valence electrons. The van der Waals surface area contributed by atoms with E-state index in [1.807, 2.05) is 18.3 Å². The van der Waals surface area contributed by atoms with Gasteiger partial charge in [-0.2, -0.15) is 0 Å². The van der Waals surface area contributed by atoms with Crippen molar-refractivity contribution in [2.45, 2.75) is 12.8 Å². The number of methoxy groups -OCH3 is 1. The zero-order valence-corrected chi connectivity index (χ0v) is 12.9. The first-order valence-electron chi connectivity index (χ1n) is 6.31. The number of rotatable bonds is 5. The van der Waals surface area contributed by atoms with Crippen LogP contribution < -0.4 is 10.1 Å². The Balaban J connectivity index is 0.00000162. The number of hydrogen-bond acceptors (Lipinski definition) is 4. The van der Waals surface area contributed by atoms with Gasteiger partial charge in [-0.05, 0) is 31.5 Å². The molecule has 6 heteroatoms. The smallest absolute Gasteiger partial charge is 0.140 e. The molecule has 0 radical (unpaired) electrons. The maximum atomic E-state index is 5.30.